The zero-order valence-electron chi connectivity index (χ0n) is 16.3. The summed E-state index contributed by atoms with van der Waals surface area (Å²) in [4.78, 5) is 36.8. The van der Waals surface area contributed by atoms with Gasteiger partial charge in [-0.2, -0.15) is 0 Å². The predicted octanol–water partition coefficient (Wildman–Crippen LogP) is 3.91. The summed E-state index contributed by atoms with van der Waals surface area (Å²) in [6.45, 7) is 0.552. The van der Waals surface area contributed by atoms with Crippen LogP contribution in [-0.4, -0.2) is 31.9 Å². The van der Waals surface area contributed by atoms with Gasteiger partial charge in [0.05, 0.1) is 6.61 Å². The number of fused-ring (bicyclic) bond motifs is 1. The lowest BCUT2D eigenvalue weighted by Gasteiger charge is -2.12. The minimum Gasteiger partial charge on any atom is -0.494 e. The third kappa shape index (κ3) is 4.11. The normalized spacial score (nSPS) is 16.2. The maximum Gasteiger partial charge on any atom is 0.330 e. The van der Waals surface area contributed by atoms with E-state index in [4.69, 9.17) is 21.3 Å². The van der Waals surface area contributed by atoms with Gasteiger partial charge in [-0.05, 0) is 56.4 Å². The molecule has 0 unspecified atom stereocenters. The number of nitrogens with one attached hydrogen (secondary N) is 1. The van der Waals surface area contributed by atoms with Crippen molar-refractivity contribution >= 4 is 34.4 Å². The maximum atomic E-state index is 12.6. The monoisotopic (exact) mass is 444 g/mol. The second kappa shape index (κ2) is 8.07. The number of ether oxygens (including phenoxy) is 1. The molecule has 1 N–H and O–H groups in total. The Morgan fingerprint density at radius 2 is 1.90 bits per heavy atom. The Balaban J connectivity index is 1.36. The van der Waals surface area contributed by atoms with Crippen LogP contribution < -0.4 is 16.0 Å². The van der Waals surface area contributed by atoms with E-state index in [-0.39, 0.29) is 11.7 Å². The van der Waals surface area contributed by atoms with Gasteiger partial charge in [0, 0.05) is 22.7 Å². The van der Waals surface area contributed by atoms with Gasteiger partial charge in [-0.25, -0.2) is 14.8 Å². The topological polar surface area (TPSA) is 89.9 Å². The number of hydrogen-bond donors (Lipinski definition) is 1. The van der Waals surface area contributed by atoms with Crippen molar-refractivity contribution in [3.8, 4) is 5.75 Å². The summed E-state index contributed by atoms with van der Waals surface area (Å²) >= 11 is 7.41. The highest BCUT2D eigenvalue weighted by atomic mass is 35.5. The number of halogens is 1. The molecule has 1 aromatic carbocycles. The van der Waals surface area contributed by atoms with Crippen molar-refractivity contribution in [1.82, 2.24) is 19.5 Å². The van der Waals surface area contributed by atoms with E-state index in [0.717, 1.165) is 49.4 Å². The molecule has 2 saturated carbocycles. The quantitative estimate of drug-likeness (QED) is 0.322. The Bertz CT molecular complexity index is 1200. The first-order valence-corrected chi connectivity index (χ1v) is 11.5. The Morgan fingerprint density at radius 3 is 2.60 bits per heavy atom. The number of aromatic amines is 1. The molecule has 2 aliphatic carbocycles. The lowest BCUT2D eigenvalue weighted by Crippen LogP contribution is -2.31. The number of aromatic nitrogens is 4. The van der Waals surface area contributed by atoms with E-state index in [1.165, 1.54) is 11.8 Å². The molecule has 2 aromatic heterocycles. The van der Waals surface area contributed by atoms with E-state index in [1.54, 1.807) is 16.7 Å². The van der Waals surface area contributed by atoms with Gasteiger partial charge in [0.2, 0.25) is 0 Å². The predicted molar refractivity (Wildman–Crippen MR) is 117 cm³/mol. The van der Waals surface area contributed by atoms with Crippen molar-refractivity contribution in [3.63, 3.8) is 0 Å². The Hall–Kier alpha value is -2.32. The number of rotatable bonds is 8. The zero-order valence-corrected chi connectivity index (χ0v) is 17.8. The van der Waals surface area contributed by atoms with Crippen LogP contribution in [-0.2, 0) is 0 Å². The van der Waals surface area contributed by atoms with Crippen LogP contribution in [0.5, 0.6) is 5.75 Å². The summed E-state index contributed by atoms with van der Waals surface area (Å²) in [5.41, 5.74) is -0.292. The van der Waals surface area contributed by atoms with E-state index >= 15 is 0 Å². The fourth-order valence-corrected chi connectivity index (χ4v) is 4.45. The minimum atomic E-state index is -0.408. The molecule has 0 bridgehead atoms. The molecule has 9 heteroatoms. The van der Waals surface area contributed by atoms with Crippen molar-refractivity contribution in [2.75, 3.05) is 12.4 Å². The lowest BCUT2D eigenvalue weighted by atomic mass is 10.3. The largest absolute Gasteiger partial charge is 0.494 e. The lowest BCUT2D eigenvalue weighted by molar-refractivity contribution is 0.318. The highest BCUT2D eigenvalue weighted by Crippen LogP contribution is 2.40. The molecule has 2 aliphatic rings. The van der Waals surface area contributed by atoms with E-state index in [1.807, 2.05) is 12.1 Å². The zero-order chi connectivity index (χ0) is 20.7. The van der Waals surface area contributed by atoms with Crippen molar-refractivity contribution in [3.05, 3.63) is 56.0 Å². The molecule has 0 spiro atoms. The third-order valence-electron chi connectivity index (χ3n) is 5.23. The number of H-pyrrole nitrogens is 1. The van der Waals surface area contributed by atoms with Crippen molar-refractivity contribution in [2.45, 2.75) is 49.1 Å². The summed E-state index contributed by atoms with van der Waals surface area (Å²) in [6, 6.07) is 7.40. The molecule has 3 aromatic rings. The average molecular weight is 445 g/mol. The van der Waals surface area contributed by atoms with Gasteiger partial charge in [0.1, 0.15) is 22.0 Å². The maximum absolute atomic E-state index is 12.6. The molecule has 2 fully saturated rings. The van der Waals surface area contributed by atoms with Gasteiger partial charge in [-0.15, -0.1) is 11.8 Å². The Morgan fingerprint density at radius 1 is 1.13 bits per heavy atom. The smallest absolute Gasteiger partial charge is 0.330 e. The van der Waals surface area contributed by atoms with Crippen LogP contribution >= 0.6 is 23.4 Å². The second-order valence-corrected chi connectivity index (χ2v) is 9.24. The average Bonchev–Trinajstić information content (AvgIpc) is 3.62. The SMILES string of the molecule is O=c1[nH]c(=O)n(C2CC2)c2nc(C3CC3)nc(SCCCOc3ccc(Cl)cc3)c12. The molecule has 5 rings (SSSR count). The van der Waals surface area contributed by atoms with Crippen LogP contribution in [0.15, 0.2) is 38.9 Å². The number of nitrogens with zero attached hydrogens (tertiary/aromatic N) is 3. The van der Waals surface area contributed by atoms with Gasteiger partial charge >= 0.3 is 5.69 Å². The first-order valence-electron chi connectivity index (χ1n) is 10.2. The fraction of sp³-hybridized carbons (Fsp3) is 0.429. The minimum absolute atomic E-state index is 0.129. The summed E-state index contributed by atoms with van der Waals surface area (Å²) in [7, 11) is 0. The van der Waals surface area contributed by atoms with Crippen LogP contribution in [0, 0.1) is 0 Å². The van der Waals surface area contributed by atoms with Crippen LogP contribution in [0.1, 0.15) is 49.9 Å². The van der Waals surface area contributed by atoms with Crippen LogP contribution in [0.25, 0.3) is 11.0 Å². The van der Waals surface area contributed by atoms with Gasteiger partial charge in [0.25, 0.3) is 5.56 Å². The van der Waals surface area contributed by atoms with E-state index in [2.05, 4.69) is 9.97 Å². The summed E-state index contributed by atoms with van der Waals surface area (Å²) < 4.78 is 7.39. The van der Waals surface area contributed by atoms with Crippen LogP contribution in [0.4, 0.5) is 0 Å². The number of hydrogen-bond acceptors (Lipinski definition) is 6. The molecule has 156 valence electrons. The molecule has 30 heavy (non-hydrogen) atoms. The molecule has 0 radical (unpaired) electrons. The molecule has 0 aliphatic heterocycles. The second-order valence-electron chi connectivity index (χ2n) is 7.72. The number of benzene rings is 1. The van der Waals surface area contributed by atoms with E-state index in [9.17, 15) is 9.59 Å². The van der Waals surface area contributed by atoms with Gasteiger partial charge < -0.3 is 4.74 Å². The van der Waals surface area contributed by atoms with E-state index < -0.39 is 5.56 Å². The van der Waals surface area contributed by atoms with Crippen LogP contribution in [0.2, 0.25) is 5.02 Å². The molecule has 2 heterocycles. The standard InChI is InChI=1S/C21H21ClN4O3S/c22-13-4-8-15(9-5-13)29-10-1-11-30-20-16-18(23-17(24-20)12-2-3-12)26(14-6-7-14)21(28)25-19(16)27/h4-5,8-9,12,14H,1-3,6-7,10-11H2,(H,25,27,28). The fourth-order valence-electron chi connectivity index (χ4n) is 3.38. The van der Waals surface area contributed by atoms with Gasteiger partial charge in [0.15, 0.2) is 5.65 Å². The van der Waals surface area contributed by atoms with Crippen molar-refractivity contribution in [2.24, 2.45) is 0 Å². The first kappa shape index (κ1) is 19.6. The Kier molecular flexibility index (Phi) is 5.28. The van der Waals surface area contributed by atoms with Crippen molar-refractivity contribution < 1.29 is 4.74 Å². The van der Waals surface area contributed by atoms with Gasteiger partial charge in [-0.3, -0.25) is 14.3 Å². The number of thioether (sulfide) groups is 1. The summed E-state index contributed by atoms with van der Waals surface area (Å²) in [5, 5.41) is 1.76. The summed E-state index contributed by atoms with van der Waals surface area (Å²) in [5.74, 6) is 2.61. The molecule has 7 nitrogen and oxygen atoms in total. The highest BCUT2D eigenvalue weighted by molar-refractivity contribution is 7.99. The Labute approximate surface area is 181 Å². The van der Waals surface area contributed by atoms with Crippen LogP contribution in [0.3, 0.4) is 0 Å². The molecule has 0 atom stereocenters. The first-order chi connectivity index (χ1) is 14.6. The molecular formula is C21H21ClN4O3S. The highest BCUT2D eigenvalue weighted by Gasteiger charge is 2.32. The van der Waals surface area contributed by atoms with Gasteiger partial charge in [-0.1, -0.05) is 11.6 Å². The third-order valence-corrected chi connectivity index (χ3v) is 6.55. The van der Waals surface area contributed by atoms with Crippen molar-refractivity contribution in [1.29, 1.82) is 0 Å². The molecule has 0 saturated heterocycles. The molecule has 0 amide bonds. The van der Waals surface area contributed by atoms with E-state index in [0.29, 0.717) is 33.6 Å². The summed E-state index contributed by atoms with van der Waals surface area (Å²) in [6.07, 6.45) is 4.78. The molecular weight excluding hydrogens is 424 g/mol.